The number of pyridine rings is 1. The third-order valence-electron chi connectivity index (χ3n) is 3.30. The highest BCUT2D eigenvalue weighted by Crippen LogP contribution is 2.13. The standard InChI is InChI=1S/C17H20N2O2/c1-2-15-8-6-14(11-18-15)12-19-16-5-3-4-13(10-16)7-9-17(20)21/h3-6,8,10-11,19H,2,7,9,12H2,1H3,(H,20,21). The summed E-state index contributed by atoms with van der Waals surface area (Å²) < 4.78 is 0. The van der Waals surface area contributed by atoms with Crippen molar-refractivity contribution in [3.8, 4) is 0 Å². The van der Waals surface area contributed by atoms with Gasteiger partial charge in [0, 0.05) is 30.5 Å². The average Bonchev–Trinajstić information content (AvgIpc) is 2.52. The molecule has 0 bridgehead atoms. The van der Waals surface area contributed by atoms with Crippen LogP contribution < -0.4 is 5.32 Å². The van der Waals surface area contributed by atoms with Gasteiger partial charge in [0.1, 0.15) is 0 Å². The number of carbonyl (C=O) groups is 1. The third-order valence-corrected chi connectivity index (χ3v) is 3.30. The second-order valence-corrected chi connectivity index (χ2v) is 4.96. The molecule has 0 saturated heterocycles. The largest absolute Gasteiger partial charge is 0.481 e. The third kappa shape index (κ3) is 4.91. The van der Waals surface area contributed by atoms with Crippen molar-refractivity contribution in [1.82, 2.24) is 4.98 Å². The van der Waals surface area contributed by atoms with Gasteiger partial charge in [-0.25, -0.2) is 0 Å². The Morgan fingerprint density at radius 2 is 2.10 bits per heavy atom. The molecule has 2 N–H and O–H groups in total. The molecule has 0 fully saturated rings. The maximum Gasteiger partial charge on any atom is 0.303 e. The Bertz CT molecular complexity index is 594. The Morgan fingerprint density at radius 3 is 2.76 bits per heavy atom. The molecule has 1 aromatic heterocycles. The molecule has 4 nitrogen and oxygen atoms in total. The van der Waals surface area contributed by atoms with E-state index < -0.39 is 5.97 Å². The van der Waals surface area contributed by atoms with E-state index >= 15 is 0 Å². The van der Waals surface area contributed by atoms with Crippen LogP contribution in [0.15, 0.2) is 42.6 Å². The topological polar surface area (TPSA) is 62.2 Å². The van der Waals surface area contributed by atoms with Gasteiger partial charge >= 0.3 is 5.97 Å². The Labute approximate surface area is 124 Å². The van der Waals surface area contributed by atoms with Crippen LogP contribution in [-0.4, -0.2) is 16.1 Å². The van der Waals surface area contributed by atoms with E-state index in [0.29, 0.717) is 13.0 Å². The van der Waals surface area contributed by atoms with Gasteiger partial charge in [-0.2, -0.15) is 0 Å². The van der Waals surface area contributed by atoms with Crippen LogP contribution in [0.1, 0.15) is 30.2 Å². The molecule has 4 heteroatoms. The molecule has 0 aliphatic rings. The molecule has 0 saturated carbocycles. The van der Waals surface area contributed by atoms with E-state index in [0.717, 1.165) is 28.9 Å². The lowest BCUT2D eigenvalue weighted by atomic mass is 10.1. The number of anilines is 1. The summed E-state index contributed by atoms with van der Waals surface area (Å²) in [5.74, 6) is -0.768. The number of hydrogen-bond donors (Lipinski definition) is 2. The molecule has 1 heterocycles. The Kier molecular flexibility index (Phi) is 5.32. The molecule has 0 amide bonds. The molecule has 21 heavy (non-hydrogen) atoms. The van der Waals surface area contributed by atoms with Crippen molar-refractivity contribution < 1.29 is 9.90 Å². The van der Waals surface area contributed by atoms with Crippen LogP contribution in [0, 0.1) is 0 Å². The first-order chi connectivity index (χ1) is 10.2. The van der Waals surface area contributed by atoms with Gasteiger partial charge < -0.3 is 10.4 Å². The minimum absolute atomic E-state index is 0.159. The van der Waals surface area contributed by atoms with E-state index in [4.69, 9.17) is 5.11 Å². The molecule has 110 valence electrons. The Hall–Kier alpha value is -2.36. The monoisotopic (exact) mass is 284 g/mol. The number of benzene rings is 1. The lowest BCUT2D eigenvalue weighted by molar-refractivity contribution is -0.136. The molecule has 2 aromatic rings. The molecule has 0 radical (unpaired) electrons. The molecular weight excluding hydrogens is 264 g/mol. The summed E-state index contributed by atoms with van der Waals surface area (Å²) in [6.45, 7) is 2.79. The Morgan fingerprint density at radius 1 is 1.24 bits per heavy atom. The zero-order valence-electron chi connectivity index (χ0n) is 12.2. The van der Waals surface area contributed by atoms with Gasteiger partial charge in [0.2, 0.25) is 0 Å². The van der Waals surface area contributed by atoms with Crippen LogP contribution in [0.5, 0.6) is 0 Å². The molecule has 1 aromatic carbocycles. The highest BCUT2D eigenvalue weighted by atomic mass is 16.4. The van der Waals surface area contributed by atoms with Crippen LogP contribution in [0.3, 0.4) is 0 Å². The van der Waals surface area contributed by atoms with Crippen molar-refractivity contribution in [2.75, 3.05) is 5.32 Å². The van der Waals surface area contributed by atoms with Crippen molar-refractivity contribution in [3.05, 3.63) is 59.4 Å². The number of aromatic nitrogens is 1. The first kappa shape index (κ1) is 15.0. The quantitative estimate of drug-likeness (QED) is 0.819. The summed E-state index contributed by atoms with van der Waals surface area (Å²) in [5.41, 5.74) is 4.25. The van der Waals surface area contributed by atoms with Gasteiger partial charge in [0.15, 0.2) is 0 Å². The maximum absolute atomic E-state index is 10.6. The summed E-state index contributed by atoms with van der Waals surface area (Å²) >= 11 is 0. The first-order valence-corrected chi connectivity index (χ1v) is 7.16. The van der Waals surface area contributed by atoms with Crippen molar-refractivity contribution in [2.24, 2.45) is 0 Å². The lowest BCUT2D eigenvalue weighted by Gasteiger charge is -2.08. The van der Waals surface area contributed by atoms with Gasteiger partial charge in [-0.1, -0.05) is 25.1 Å². The number of aliphatic carboxylic acids is 1. The van der Waals surface area contributed by atoms with Crippen molar-refractivity contribution in [1.29, 1.82) is 0 Å². The molecule has 0 aliphatic heterocycles. The normalized spacial score (nSPS) is 10.3. The summed E-state index contributed by atoms with van der Waals surface area (Å²) in [4.78, 5) is 15.0. The summed E-state index contributed by atoms with van der Waals surface area (Å²) in [5, 5.41) is 12.1. The van der Waals surface area contributed by atoms with Crippen molar-refractivity contribution in [3.63, 3.8) is 0 Å². The van der Waals surface area contributed by atoms with Crippen LogP contribution >= 0.6 is 0 Å². The molecule has 0 spiro atoms. The number of nitrogens with one attached hydrogen (secondary N) is 1. The van der Waals surface area contributed by atoms with Crippen LogP contribution in [0.25, 0.3) is 0 Å². The number of rotatable bonds is 7. The zero-order valence-corrected chi connectivity index (χ0v) is 12.2. The molecule has 0 atom stereocenters. The first-order valence-electron chi connectivity index (χ1n) is 7.16. The summed E-state index contributed by atoms with van der Waals surface area (Å²) in [6, 6.07) is 12.0. The summed E-state index contributed by atoms with van der Waals surface area (Å²) in [7, 11) is 0. The van der Waals surface area contributed by atoms with Gasteiger partial charge in [0.25, 0.3) is 0 Å². The van der Waals surface area contributed by atoms with E-state index in [-0.39, 0.29) is 6.42 Å². The molecule has 2 rings (SSSR count). The lowest BCUT2D eigenvalue weighted by Crippen LogP contribution is -2.02. The second-order valence-electron chi connectivity index (χ2n) is 4.96. The van der Waals surface area contributed by atoms with Crippen LogP contribution in [-0.2, 0) is 24.2 Å². The molecule has 0 unspecified atom stereocenters. The number of carboxylic acid groups (broad SMARTS) is 1. The van der Waals surface area contributed by atoms with Gasteiger partial charge in [0.05, 0.1) is 0 Å². The van der Waals surface area contributed by atoms with Crippen LogP contribution in [0.4, 0.5) is 5.69 Å². The highest BCUT2D eigenvalue weighted by molar-refractivity contribution is 5.67. The van der Waals surface area contributed by atoms with Gasteiger partial charge in [-0.3, -0.25) is 9.78 Å². The van der Waals surface area contributed by atoms with E-state index in [2.05, 4.69) is 23.3 Å². The molecule has 0 aliphatic carbocycles. The SMILES string of the molecule is CCc1ccc(CNc2cccc(CCC(=O)O)c2)cn1. The van der Waals surface area contributed by atoms with E-state index in [1.807, 2.05) is 36.5 Å². The predicted octanol–water partition coefficient (Wildman–Crippen LogP) is 3.27. The van der Waals surface area contributed by atoms with Crippen molar-refractivity contribution in [2.45, 2.75) is 32.7 Å². The highest BCUT2D eigenvalue weighted by Gasteiger charge is 2.01. The van der Waals surface area contributed by atoms with E-state index in [1.165, 1.54) is 0 Å². The smallest absolute Gasteiger partial charge is 0.303 e. The number of hydrogen-bond acceptors (Lipinski definition) is 3. The van der Waals surface area contributed by atoms with Crippen LogP contribution in [0.2, 0.25) is 0 Å². The average molecular weight is 284 g/mol. The maximum atomic E-state index is 10.6. The van der Waals surface area contributed by atoms with E-state index in [1.54, 1.807) is 0 Å². The fraction of sp³-hybridized carbons (Fsp3) is 0.294. The number of carboxylic acids is 1. The molecular formula is C17H20N2O2. The number of aryl methyl sites for hydroxylation is 2. The van der Waals surface area contributed by atoms with E-state index in [9.17, 15) is 4.79 Å². The number of nitrogens with zero attached hydrogens (tertiary/aromatic N) is 1. The minimum atomic E-state index is -0.768. The summed E-state index contributed by atoms with van der Waals surface area (Å²) in [6.07, 6.45) is 3.54. The Balaban J connectivity index is 1.92. The second kappa shape index (κ2) is 7.43. The van der Waals surface area contributed by atoms with Crippen molar-refractivity contribution >= 4 is 11.7 Å². The zero-order chi connectivity index (χ0) is 15.1. The fourth-order valence-electron chi connectivity index (χ4n) is 2.06. The fourth-order valence-corrected chi connectivity index (χ4v) is 2.06. The van der Waals surface area contributed by atoms with Gasteiger partial charge in [-0.05, 0) is 42.2 Å². The van der Waals surface area contributed by atoms with Gasteiger partial charge in [-0.15, -0.1) is 0 Å². The minimum Gasteiger partial charge on any atom is -0.481 e. The predicted molar refractivity (Wildman–Crippen MR) is 83.3 cm³/mol.